The number of benzene rings is 1. The zero-order valence-corrected chi connectivity index (χ0v) is 10.7. The highest BCUT2D eigenvalue weighted by atomic mass is 32.1. The van der Waals surface area contributed by atoms with Crippen molar-refractivity contribution in [3.8, 4) is 0 Å². The molecule has 2 heterocycles. The maximum Gasteiger partial charge on any atom is 0.0509 e. The van der Waals surface area contributed by atoms with Crippen molar-refractivity contribution < 1.29 is 0 Å². The summed E-state index contributed by atoms with van der Waals surface area (Å²) in [5.41, 5.74) is 8.50. The quantitative estimate of drug-likeness (QED) is 0.776. The molecular formula is C15H14N2S. The van der Waals surface area contributed by atoms with Gasteiger partial charge < -0.3 is 5.73 Å². The van der Waals surface area contributed by atoms with Crippen LogP contribution in [0.2, 0.25) is 0 Å². The summed E-state index contributed by atoms with van der Waals surface area (Å²) in [5, 5.41) is 3.33. The Bertz CT molecular complexity index is 646. The van der Waals surface area contributed by atoms with Crippen LogP contribution >= 0.6 is 11.3 Å². The van der Waals surface area contributed by atoms with Gasteiger partial charge >= 0.3 is 0 Å². The molecule has 0 saturated carbocycles. The number of thiophene rings is 1. The molecule has 3 aromatic rings. The summed E-state index contributed by atoms with van der Waals surface area (Å²) in [4.78, 5) is 4.47. The van der Waals surface area contributed by atoms with Crippen LogP contribution in [0.25, 0.3) is 10.1 Å². The Morgan fingerprint density at radius 2 is 1.94 bits per heavy atom. The first kappa shape index (κ1) is 11.4. The fourth-order valence-electron chi connectivity index (χ4n) is 2.14. The van der Waals surface area contributed by atoms with Gasteiger partial charge in [0.05, 0.1) is 5.69 Å². The van der Waals surface area contributed by atoms with Crippen LogP contribution in [0.4, 0.5) is 0 Å². The second-order valence-electron chi connectivity index (χ2n) is 4.31. The summed E-state index contributed by atoms with van der Waals surface area (Å²) < 4.78 is 1.28. The maximum absolute atomic E-state index is 6.25. The van der Waals surface area contributed by atoms with Gasteiger partial charge in [-0.25, -0.2) is 0 Å². The van der Waals surface area contributed by atoms with Crippen molar-refractivity contribution in [1.29, 1.82) is 0 Å². The molecule has 0 amide bonds. The molecule has 1 aromatic carbocycles. The van der Waals surface area contributed by atoms with Gasteiger partial charge in [0, 0.05) is 28.7 Å². The van der Waals surface area contributed by atoms with Gasteiger partial charge in [-0.3, -0.25) is 4.98 Å². The first-order valence-corrected chi connectivity index (χ1v) is 6.84. The number of rotatable bonds is 3. The van der Waals surface area contributed by atoms with Crippen molar-refractivity contribution in [2.24, 2.45) is 5.73 Å². The highest BCUT2D eigenvalue weighted by Gasteiger charge is 2.10. The zero-order chi connectivity index (χ0) is 12.4. The molecule has 0 bridgehead atoms. The van der Waals surface area contributed by atoms with Crippen LogP contribution in [0.5, 0.6) is 0 Å². The molecule has 0 aliphatic carbocycles. The van der Waals surface area contributed by atoms with Gasteiger partial charge in [-0.15, -0.1) is 11.3 Å². The topological polar surface area (TPSA) is 38.9 Å². The van der Waals surface area contributed by atoms with Gasteiger partial charge in [0.15, 0.2) is 0 Å². The molecule has 3 heteroatoms. The smallest absolute Gasteiger partial charge is 0.0509 e. The minimum atomic E-state index is 0.00389. The largest absolute Gasteiger partial charge is 0.324 e. The Morgan fingerprint density at radius 1 is 1.11 bits per heavy atom. The van der Waals surface area contributed by atoms with Crippen molar-refractivity contribution in [2.45, 2.75) is 12.5 Å². The standard InChI is InChI=1S/C15H14N2S/c16-13(11-4-2-1-3-5-11)10-14-12-7-9-18-15(12)6-8-17-14/h1-9,13H,10,16H2. The van der Waals surface area contributed by atoms with Gasteiger partial charge in [-0.1, -0.05) is 30.3 Å². The van der Waals surface area contributed by atoms with Crippen LogP contribution in [-0.4, -0.2) is 4.98 Å². The molecular weight excluding hydrogens is 240 g/mol. The molecule has 0 fully saturated rings. The van der Waals surface area contributed by atoms with Gasteiger partial charge in [0.25, 0.3) is 0 Å². The van der Waals surface area contributed by atoms with E-state index in [9.17, 15) is 0 Å². The van der Waals surface area contributed by atoms with E-state index >= 15 is 0 Å². The van der Waals surface area contributed by atoms with E-state index in [4.69, 9.17) is 5.73 Å². The lowest BCUT2D eigenvalue weighted by atomic mass is 10.0. The molecule has 0 aliphatic rings. The van der Waals surface area contributed by atoms with E-state index in [1.807, 2.05) is 24.4 Å². The third-order valence-corrected chi connectivity index (χ3v) is 3.99. The van der Waals surface area contributed by atoms with Crippen molar-refractivity contribution in [3.05, 3.63) is 65.3 Å². The van der Waals surface area contributed by atoms with Crippen LogP contribution in [0, 0.1) is 0 Å². The number of nitrogens with zero attached hydrogens (tertiary/aromatic N) is 1. The molecule has 3 rings (SSSR count). The second-order valence-corrected chi connectivity index (χ2v) is 5.26. The first-order valence-electron chi connectivity index (χ1n) is 5.96. The first-order chi connectivity index (χ1) is 8.84. The third kappa shape index (κ3) is 2.15. The SMILES string of the molecule is NC(Cc1nccc2sccc12)c1ccccc1. The number of pyridine rings is 1. The molecule has 0 aliphatic heterocycles. The average molecular weight is 254 g/mol. The number of hydrogen-bond acceptors (Lipinski definition) is 3. The van der Waals surface area contributed by atoms with E-state index in [1.165, 1.54) is 10.1 Å². The van der Waals surface area contributed by atoms with Crippen LogP contribution in [-0.2, 0) is 6.42 Å². The van der Waals surface area contributed by atoms with Crippen molar-refractivity contribution in [1.82, 2.24) is 4.98 Å². The van der Waals surface area contributed by atoms with E-state index in [0.29, 0.717) is 0 Å². The highest BCUT2D eigenvalue weighted by Crippen LogP contribution is 2.25. The highest BCUT2D eigenvalue weighted by molar-refractivity contribution is 7.17. The van der Waals surface area contributed by atoms with E-state index < -0.39 is 0 Å². The number of hydrogen-bond donors (Lipinski definition) is 1. The summed E-state index contributed by atoms with van der Waals surface area (Å²) >= 11 is 1.74. The lowest BCUT2D eigenvalue weighted by molar-refractivity contribution is 0.711. The summed E-state index contributed by atoms with van der Waals surface area (Å²) in [6, 6.07) is 14.4. The number of aromatic nitrogens is 1. The van der Waals surface area contributed by atoms with Gasteiger partial charge in [-0.05, 0) is 23.1 Å². The Balaban J connectivity index is 1.91. The van der Waals surface area contributed by atoms with E-state index in [2.05, 4.69) is 34.6 Å². The molecule has 0 saturated heterocycles. The molecule has 18 heavy (non-hydrogen) atoms. The molecule has 2 nitrogen and oxygen atoms in total. The monoisotopic (exact) mass is 254 g/mol. The zero-order valence-electron chi connectivity index (χ0n) is 9.91. The van der Waals surface area contributed by atoms with E-state index in [1.54, 1.807) is 11.3 Å². The lowest BCUT2D eigenvalue weighted by Gasteiger charge is -2.12. The summed E-state index contributed by atoms with van der Waals surface area (Å²) in [6.07, 6.45) is 2.64. The molecule has 0 spiro atoms. The summed E-state index contributed by atoms with van der Waals surface area (Å²) in [7, 11) is 0. The van der Waals surface area contributed by atoms with Crippen LogP contribution < -0.4 is 5.73 Å². The molecule has 1 atom stereocenters. The maximum atomic E-state index is 6.25. The Morgan fingerprint density at radius 3 is 2.78 bits per heavy atom. The molecule has 2 N–H and O–H groups in total. The predicted molar refractivity (Wildman–Crippen MR) is 76.7 cm³/mol. The lowest BCUT2D eigenvalue weighted by Crippen LogP contribution is -2.14. The van der Waals surface area contributed by atoms with Crippen LogP contribution in [0.1, 0.15) is 17.3 Å². The summed E-state index contributed by atoms with van der Waals surface area (Å²) in [6.45, 7) is 0. The van der Waals surface area contributed by atoms with Crippen LogP contribution in [0.15, 0.2) is 54.0 Å². The van der Waals surface area contributed by atoms with Crippen molar-refractivity contribution in [3.63, 3.8) is 0 Å². The molecule has 1 unspecified atom stereocenters. The van der Waals surface area contributed by atoms with Crippen molar-refractivity contribution in [2.75, 3.05) is 0 Å². The Labute approximate surface area is 110 Å². The number of fused-ring (bicyclic) bond motifs is 1. The van der Waals surface area contributed by atoms with Gasteiger partial charge in [0.1, 0.15) is 0 Å². The van der Waals surface area contributed by atoms with E-state index in [0.717, 1.165) is 17.7 Å². The van der Waals surface area contributed by atoms with Crippen LogP contribution in [0.3, 0.4) is 0 Å². The minimum Gasteiger partial charge on any atom is -0.324 e. The van der Waals surface area contributed by atoms with Gasteiger partial charge in [0.2, 0.25) is 0 Å². The Hall–Kier alpha value is -1.71. The number of nitrogens with two attached hydrogens (primary N) is 1. The predicted octanol–water partition coefficient (Wildman–Crippen LogP) is 3.54. The van der Waals surface area contributed by atoms with Crippen molar-refractivity contribution >= 4 is 21.4 Å². The fraction of sp³-hybridized carbons (Fsp3) is 0.133. The minimum absolute atomic E-state index is 0.00389. The third-order valence-electron chi connectivity index (χ3n) is 3.10. The normalized spacial score (nSPS) is 12.7. The second kappa shape index (κ2) is 4.88. The molecule has 2 aromatic heterocycles. The Kier molecular flexibility index (Phi) is 3.09. The van der Waals surface area contributed by atoms with E-state index in [-0.39, 0.29) is 6.04 Å². The van der Waals surface area contributed by atoms with Gasteiger partial charge in [-0.2, -0.15) is 0 Å². The fourth-order valence-corrected chi connectivity index (χ4v) is 2.94. The molecule has 90 valence electrons. The summed E-state index contributed by atoms with van der Waals surface area (Å²) in [5.74, 6) is 0. The molecule has 0 radical (unpaired) electrons. The average Bonchev–Trinajstić information content (AvgIpc) is 2.89.